The van der Waals surface area contributed by atoms with Crippen molar-refractivity contribution in [3.8, 4) is 0 Å². The number of rotatable bonds is 5. The number of hydrogen-bond acceptors (Lipinski definition) is 5. The molecule has 2 saturated heterocycles. The molecule has 2 atom stereocenters. The molecule has 19 heavy (non-hydrogen) atoms. The molecule has 2 fully saturated rings. The van der Waals surface area contributed by atoms with Gasteiger partial charge in [-0.1, -0.05) is 0 Å². The molecule has 2 unspecified atom stereocenters. The molecule has 0 aromatic carbocycles. The van der Waals surface area contributed by atoms with Gasteiger partial charge in [0.2, 0.25) is 0 Å². The molecular weight excluding hydrogens is 242 g/mol. The first kappa shape index (κ1) is 15.2. The quantitative estimate of drug-likeness (QED) is 0.734. The Labute approximate surface area is 117 Å². The maximum atomic E-state index is 9.97. The molecule has 0 aromatic rings. The van der Waals surface area contributed by atoms with Gasteiger partial charge in [0.25, 0.3) is 0 Å². The van der Waals surface area contributed by atoms with E-state index in [1.807, 2.05) is 0 Å². The van der Waals surface area contributed by atoms with Gasteiger partial charge in [-0.2, -0.15) is 0 Å². The van der Waals surface area contributed by atoms with Crippen molar-refractivity contribution >= 4 is 0 Å². The summed E-state index contributed by atoms with van der Waals surface area (Å²) in [4.78, 5) is 7.25. The van der Waals surface area contributed by atoms with Crippen LogP contribution in [0.5, 0.6) is 0 Å². The Kier molecular flexibility index (Phi) is 6.04. The van der Waals surface area contributed by atoms with E-state index >= 15 is 0 Å². The molecule has 112 valence electrons. The van der Waals surface area contributed by atoms with Crippen LogP contribution in [0.2, 0.25) is 0 Å². The Hall–Kier alpha value is -0.200. The van der Waals surface area contributed by atoms with Crippen molar-refractivity contribution in [2.45, 2.75) is 12.5 Å². The van der Waals surface area contributed by atoms with Crippen LogP contribution in [-0.2, 0) is 4.74 Å². The summed E-state index contributed by atoms with van der Waals surface area (Å²) in [5.41, 5.74) is 0. The van der Waals surface area contributed by atoms with E-state index in [9.17, 15) is 5.11 Å². The summed E-state index contributed by atoms with van der Waals surface area (Å²) in [6.07, 6.45) is 0.633. The molecule has 0 bridgehead atoms. The third-order valence-electron chi connectivity index (χ3n) is 4.26. The van der Waals surface area contributed by atoms with Gasteiger partial charge < -0.3 is 19.6 Å². The lowest BCUT2D eigenvalue weighted by Crippen LogP contribution is -2.51. The van der Waals surface area contributed by atoms with Crippen LogP contribution in [-0.4, -0.2) is 99.0 Å². The zero-order chi connectivity index (χ0) is 13.7. The monoisotopic (exact) mass is 271 g/mol. The maximum absolute atomic E-state index is 9.97. The lowest BCUT2D eigenvalue weighted by molar-refractivity contribution is -0.0503. The lowest BCUT2D eigenvalue weighted by Gasteiger charge is -2.38. The van der Waals surface area contributed by atoms with Crippen LogP contribution in [0.25, 0.3) is 0 Å². The van der Waals surface area contributed by atoms with E-state index in [1.165, 1.54) is 0 Å². The van der Waals surface area contributed by atoms with Crippen LogP contribution in [0.1, 0.15) is 6.42 Å². The topological polar surface area (TPSA) is 39.2 Å². The number of aliphatic hydroxyl groups is 1. The van der Waals surface area contributed by atoms with Gasteiger partial charge in [-0.15, -0.1) is 0 Å². The van der Waals surface area contributed by atoms with Gasteiger partial charge in [-0.05, 0) is 20.5 Å². The fourth-order valence-corrected chi connectivity index (χ4v) is 2.83. The second kappa shape index (κ2) is 7.55. The minimum absolute atomic E-state index is 0.166. The van der Waals surface area contributed by atoms with Gasteiger partial charge in [-0.25, -0.2) is 0 Å². The first-order valence-corrected chi connectivity index (χ1v) is 7.50. The van der Waals surface area contributed by atoms with E-state index in [-0.39, 0.29) is 6.10 Å². The molecule has 0 saturated carbocycles. The van der Waals surface area contributed by atoms with Gasteiger partial charge in [0.1, 0.15) is 0 Å². The summed E-state index contributed by atoms with van der Waals surface area (Å²) < 4.78 is 5.48. The van der Waals surface area contributed by atoms with Crippen molar-refractivity contribution in [1.29, 1.82) is 0 Å². The second-order valence-corrected chi connectivity index (χ2v) is 6.14. The predicted octanol–water partition coefficient (Wildman–Crippen LogP) is -0.437. The Morgan fingerprint density at radius 2 is 1.84 bits per heavy atom. The number of nitrogens with zero attached hydrogens (tertiary/aromatic N) is 3. The molecule has 5 nitrogen and oxygen atoms in total. The highest BCUT2D eigenvalue weighted by atomic mass is 16.5. The van der Waals surface area contributed by atoms with Gasteiger partial charge in [0.15, 0.2) is 0 Å². The number of likely N-dealkylation sites (N-methyl/N-ethyl adjacent to an activating group) is 1. The molecular formula is C14H29N3O2. The summed E-state index contributed by atoms with van der Waals surface area (Å²) in [5.74, 6) is 0.307. The zero-order valence-electron chi connectivity index (χ0n) is 12.4. The minimum atomic E-state index is -0.166. The van der Waals surface area contributed by atoms with Gasteiger partial charge >= 0.3 is 0 Å². The van der Waals surface area contributed by atoms with Gasteiger partial charge in [-0.3, -0.25) is 4.90 Å². The summed E-state index contributed by atoms with van der Waals surface area (Å²) in [7, 11) is 4.25. The summed E-state index contributed by atoms with van der Waals surface area (Å²) >= 11 is 0. The Morgan fingerprint density at radius 3 is 2.47 bits per heavy atom. The molecule has 5 heteroatoms. The van der Waals surface area contributed by atoms with Crippen LogP contribution in [0.15, 0.2) is 0 Å². The van der Waals surface area contributed by atoms with Crippen molar-refractivity contribution in [1.82, 2.24) is 14.7 Å². The predicted molar refractivity (Wildman–Crippen MR) is 76.4 cm³/mol. The average Bonchev–Trinajstić information content (AvgIpc) is 2.40. The first-order valence-electron chi connectivity index (χ1n) is 7.50. The SMILES string of the molecule is CN(C)CCN1CCN(CC2COCCC2O)CC1. The highest BCUT2D eigenvalue weighted by Crippen LogP contribution is 2.16. The third-order valence-corrected chi connectivity index (χ3v) is 4.26. The normalized spacial score (nSPS) is 30.9. The van der Waals surface area contributed by atoms with Crippen molar-refractivity contribution in [3.05, 3.63) is 0 Å². The second-order valence-electron chi connectivity index (χ2n) is 6.14. The lowest BCUT2D eigenvalue weighted by atomic mass is 9.98. The van der Waals surface area contributed by atoms with Crippen molar-refractivity contribution in [2.24, 2.45) is 5.92 Å². The molecule has 0 aliphatic carbocycles. The van der Waals surface area contributed by atoms with Crippen LogP contribution in [0.4, 0.5) is 0 Å². The van der Waals surface area contributed by atoms with E-state index < -0.39 is 0 Å². The van der Waals surface area contributed by atoms with E-state index in [2.05, 4.69) is 28.8 Å². The van der Waals surface area contributed by atoms with Crippen LogP contribution >= 0.6 is 0 Å². The molecule has 2 aliphatic rings. The van der Waals surface area contributed by atoms with E-state index in [0.717, 1.165) is 65.4 Å². The standard InChI is InChI=1S/C14H29N3O2/c1-15(2)4-5-16-6-8-17(9-7-16)11-13-12-19-10-3-14(13)18/h13-14,18H,3-12H2,1-2H3. The summed E-state index contributed by atoms with van der Waals surface area (Å²) in [6, 6.07) is 0. The Balaban J connectivity index is 1.65. The van der Waals surface area contributed by atoms with Crippen LogP contribution < -0.4 is 0 Å². The Bertz CT molecular complexity index is 255. The van der Waals surface area contributed by atoms with Gasteiger partial charge in [0, 0.05) is 58.3 Å². The zero-order valence-corrected chi connectivity index (χ0v) is 12.4. The molecule has 2 aliphatic heterocycles. The van der Waals surface area contributed by atoms with Gasteiger partial charge in [0.05, 0.1) is 12.7 Å². The number of hydrogen-bond donors (Lipinski definition) is 1. The largest absolute Gasteiger partial charge is 0.393 e. The molecule has 2 rings (SSSR count). The summed E-state index contributed by atoms with van der Waals surface area (Å²) in [5, 5.41) is 9.97. The van der Waals surface area contributed by atoms with Crippen molar-refractivity contribution in [3.63, 3.8) is 0 Å². The number of piperazine rings is 1. The highest BCUT2D eigenvalue weighted by Gasteiger charge is 2.27. The minimum Gasteiger partial charge on any atom is -0.393 e. The van der Waals surface area contributed by atoms with Crippen LogP contribution in [0, 0.1) is 5.92 Å². The smallest absolute Gasteiger partial charge is 0.0624 e. The maximum Gasteiger partial charge on any atom is 0.0624 e. The van der Waals surface area contributed by atoms with E-state index in [0.29, 0.717) is 5.92 Å². The van der Waals surface area contributed by atoms with E-state index in [4.69, 9.17) is 4.74 Å². The first-order chi connectivity index (χ1) is 9.15. The molecule has 1 N–H and O–H groups in total. The van der Waals surface area contributed by atoms with Crippen molar-refractivity contribution in [2.75, 3.05) is 73.1 Å². The van der Waals surface area contributed by atoms with E-state index in [1.54, 1.807) is 0 Å². The van der Waals surface area contributed by atoms with Crippen molar-refractivity contribution < 1.29 is 9.84 Å². The summed E-state index contributed by atoms with van der Waals surface area (Å²) in [6.45, 7) is 9.27. The number of aliphatic hydroxyl groups excluding tert-OH is 1. The molecule has 0 aromatic heterocycles. The molecule has 0 spiro atoms. The molecule has 0 amide bonds. The molecule has 0 radical (unpaired) electrons. The molecule has 2 heterocycles. The fourth-order valence-electron chi connectivity index (χ4n) is 2.83. The van der Waals surface area contributed by atoms with Crippen LogP contribution in [0.3, 0.4) is 0 Å². The third kappa shape index (κ3) is 5.00. The average molecular weight is 271 g/mol. The highest BCUT2D eigenvalue weighted by molar-refractivity contribution is 4.79. The fraction of sp³-hybridized carbons (Fsp3) is 1.00. The number of ether oxygens (including phenoxy) is 1. The Morgan fingerprint density at radius 1 is 1.16 bits per heavy atom.